The predicted molar refractivity (Wildman–Crippen MR) is 115 cm³/mol. The molecule has 2 amide bonds. The van der Waals surface area contributed by atoms with Crippen LogP contribution >= 0.6 is 0 Å². The second kappa shape index (κ2) is 12.2. The van der Waals surface area contributed by atoms with Gasteiger partial charge in [-0.25, -0.2) is 4.90 Å². The molecule has 0 unspecified atom stereocenters. The fourth-order valence-corrected chi connectivity index (χ4v) is 3.79. The average Bonchev–Trinajstić information content (AvgIpc) is 2.95. The number of carboxylic acid groups (broad SMARTS) is 1. The molecule has 0 aromatic heterocycles. The van der Waals surface area contributed by atoms with Gasteiger partial charge in [0.25, 0.3) is 11.8 Å². The Labute approximate surface area is 173 Å². The Balaban J connectivity index is 1.93. The second-order valence-corrected chi connectivity index (χ2v) is 7.71. The summed E-state index contributed by atoms with van der Waals surface area (Å²) in [6, 6.07) is 8.85. The minimum Gasteiger partial charge on any atom is -0.481 e. The molecule has 0 aliphatic carbocycles. The van der Waals surface area contributed by atoms with Crippen LogP contribution in [0.5, 0.6) is 0 Å². The van der Waals surface area contributed by atoms with Crippen LogP contribution in [0, 0.1) is 0 Å². The molecule has 0 atom stereocenters. The number of para-hydroxylation sites is 1. The van der Waals surface area contributed by atoms with Gasteiger partial charge in [-0.2, -0.15) is 0 Å². The molecule has 158 valence electrons. The molecule has 1 heterocycles. The summed E-state index contributed by atoms with van der Waals surface area (Å²) in [7, 11) is 0. The first-order valence-electron chi connectivity index (χ1n) is 10.9. The van der Waals surface area contributed by atoms with Crippen molar-refractivity contribution < 1.29 is 19.5 Å². The van der Waals surface area contributed by atoms with E-state index < -0.39 is 5.97 Å². The lowest BCUT2D eigenvalue weighted by molar-refractivity contribution is -0.137. The topological polar surface area (TPSA) is 74.7 Å². The molecule has 1 aliphatic rings. The second-order valence-electron chi connectivity index (χ2n) is 7.71. The van der Waals surface area contributed by atoms with Crippen molar-refractivity contribution in [1.29, 1.82) is 0 Å². The van der Waals surface area contributed by atoms with Gasteiger partial charge in [-0.1, -0.05) is 76.5 Å². The van der Waals surface area contributed by atoms with Gasteiger partial charge < -0.3 is 5.11 Å². The number of anilines is 1. The van der Waals surface area contributed by atoms with E-state index in [1.165, 1.54) is 43.4 Å². The van der Waals surface area contributed by atoms with Gasteiger partial charge in [0.15, 0.2) is 0 Å². The van der Waals surface area contributed by atoms with Crippen molar-refractivity contribution in [2.45, 2.75) is 84.0 Å². The van der Waals surface area contributed by atoms with Crippen LogP contribution in [0.25, 0.3) is 0 Å². The van der Waals surface area contributed by atoms with Crippen molar-refractivity contribution >= 4 is 23.5 Å². The van der Waals surface area contributed by atoms with E-state index in [0.29, 0.717) is 23.3 Å². The highest BCUT2D eigenvalue weighted by Gasteiger charge is 2.38. The van der Waals surface area contributed by atoms with Gasteiger partial charge in [-0.05, 0) is 31.4 Å². The van der Waals surface area contributed by atoms with Crippen molar-refractivity contribution in [2.24, 2.45) is 0 Å². The Morgan fingerprint density at radius 1 is 0.793 bits per heavy atom. The number of rotatable bonds is 14. The van der Waals surface area contributed by atoms with E-state index in [1.54, 1.807) is 24.3 Å². The van der Waals surface area contributed by atoms with Crippen LogP contribution in [0.4, 0.5) is 5.69 Å². The Bertz CT molecular complexity index is 724. The molecule has 1 aromatic carbocycles. The van der Waals surface area contributed by atoms with Crippen LogP contribution in [0.3, 0.4) is 0 Å². The maximum atomic E-state index is 12.9. The average molecular weight is 400 g/mol. The molecule has 0 radical (unpaired) electrons. The highest BCUT2D eigenvalue weighted by Crippen LogP contribution is 2.32. The highest BCUT2D eigenvalue weighted by atomic mass is 16.4. The van der Waals surface area contributed by atoms with Gasteiger partial charge >= 0.3 is 5.97 Å². The number of unbranched alkanes of at least 4 members (excludes halogenated alkanes) is 8. The van der Waals surface area contributed by atoms with E-state index in [1.807, 2.05) is 6.07 Å². The lowest BCUT2D eigenvalue weighted by Crippen LogP contribution is -2.31. The summed E-state index contributed by atoms with van der Waals surface area (Å²) in [6.45, 7) is 2.22. The number of aliphatic carboxylic acids is 1. The van der Waals surface area contributed by atoms with Crippen LogP contribution in [0.2, 0.25) is 0 Å². The molecule has 0 saturated heterocycles. The number of carbonyl (C=O) groups is 3. The largest absolute Gasteiger partial charge is 0.481 e. The summed E-state index contributed by atoms with van der Waals surface area (Å²) in [5.41, 5.74) is 1.42. The van der Waals surface area contributed by atoms with E-state index in [-0.39, 0.29) is 24.7 Å². The van der Waals surface area contributed by atoms with Gasteiger partial charge in [0, 0.05) is 17.6 Å². The first-order valence-corrected chi connectivity index (χ1v) is 10.9. The monoisotopic (exact) mass is 399 g/mol. The van der Waals surface area contributed by atoms with E-state index in [2.05, 4.69) is 6.92 Å². The molecule has 1 N–H and O–H groups in total. The maximum Gasteiger partial charge on any atom is 0.303 e. The number of amides is 2. The van der Waals surface area contributed by atoms with E-state index >= 15 is 0 Å². The Morgan fingerprint density at radius 2 is 1.31 bits per heavy atom. The summed E-state index contributed by atoms with van der Waals surface area (Å²) in [4.78, 5) is 38.0. The van der Waals surface area contributed by atoms with Crippen molar-refractivity contribution in [3.05, 3.63) is 41.5 Å². The third-order valence-electron chi connectivity index (χ3n) is 5.42. The SMILES string of the molecule is CCCCCCCCCCCC1=C(CCC(=O)O)C(=O)N(c2ccccc2)C1=O. The Hall–Kier alpha value is -2.43. The third-order valence-corrected chi connectivity index (χ3v) is 5.42. The predicted octanol–water partition coefficient (Wildman–Crippen LogP) is 5.64. The highest BCUT2D eigenvalue weighted by molar-refractivity contribution is 6.32. The van der Waals surface area contributed by atoms with E-state index in [0.717, 1.165) is 19.3 Å². The van der Waals surface area contributed by atoms with Crippen molar-refractivity contribution in [2.75, 3.05) is 4.90 Å². The van der Waals surface area contributed by atoms with Crippen LogP contribution in [-0.2, 0) is 14.4 Å². The summed E-state index contributed by atoms with van der Waals surface area (Å²) >= 11 is 0. The normalized spacial score (nSPS) is 14.2. The molecule has 5 nitrogen and oxygen atoms in total. The Kier molecular flexibility index (Phi) is 9.62. The fourth-order valence-electron chi connectivity index (χ4n) is 3.79. The number of imide groups is 1. The molecule has 0 fully saturated rings. The minimum atomic E-state index is -0.960. The van der Waals surface area contributed by atoms with Crippen molar-refractivity contribution in [3.63, 3.8) is 0 Å². The van der Waals surface area contributed by atoms with Crippen molar-refractivity contribution in [3.8, 4) is 0 Å². The maximum absolute atomic E-state index is 12.9. The van der Waals surface area contributed by atoms with Crippen LogP contribution in [0.1, 0.15) is 84.0 Å². The van der Waals surface area contributed by atoms with Crippen LogP contribution in [0.15, 0.2) is 41.5 Å². The number of nitrogens with zero attached hydrogens (tertiary/aromatic N) is 1. The summed E-state index contributed by atoms with van der Waals surface area (Å²) in [5, 5.41) is 9.01. The zero-order chi connectivity index (χ0) is 21.1. The molecule has 2 rings (SSSR count). The first-order chi connectivity index (χ1) is 14.1. The smallest absolute Gasteiger partial charge is 0.303 e. The lowest BCUT2D eigenvalue weighted by atomic mass is 9.99. The number of hydrogen-bond acceptors (Lipinski definition) is 3. The minimum absolute atomic E-state index is 0.107. The van der Waals surface area contributed by atoms with Crippen LogP contribution in [-0.4, -0.2) is 22.9 Å². The van der Waals surface area contributed by atoms with E-state index in [9.17, 15) is 14.4 Å². The number of benzene rings is 1. The standard InChI is InChI=1S/C24H33NO4/c1-2-3-4-5-6-7-8-9-13-16-20-21(17-18-22(26)27)24(29)25(23(20)28)19-14-11-10-12-15-19/h10-12,14-15H,2-9,13,16-18H2,1H3,(H,26,27). The number of carboxylic acids is 1. The number of hydrogen-bond donors (Lipinski definition) is 1. The lowest BCUT2D eigenvalue weighted by Gasteiger charge is -2.15. The molecule has 0 saturated carbocycles. The van der Waals surface area contributed by atoms with Crippen LogP contribution < -0.4 is 4.90 Å². The van der Waals surface area contributed by atoms with Gasteiger partial charge in [0.2, 0.25) is 0 Å². The molecule has 1 aromatic rings. The van der Waals surface area contributed by atoms with Gasteiger partial charge in [0.05, 0.1) is 5.69 Å². The van der Waals surface area contributed by atoms with Gasteiger partial charge in [-0.3, -0.25) is 14.4 Å². The molecular weight excluding hydrogens is 366 g/mol. The molecule has 5 heteroatoms. The van der Waals surface area contributed by atoms with Gasteiger partial charge in [-0.15, -0.1) is 0 Å². The molecule has 0 bridgehead atoms. The zero-order valence-electron chi connectivity index (χ0n) is 17.5. The first kappa shape index (κ1) is 22.9. The molecule has 1 aliphatic heterocycles. The molecular formula is C24H33NO4. The van der Waals surface area contributed by atoms with Gasteiger partial charge in [0.1, 0.15) is 0 Å². The zero-order valence-corrected chi connectivity index (χ0v) is 17.5. The molecule has 29 heavy (non-hydrogen) atoms. The quantitative estimate of drug-likeness (QED) is 0.324. The summed E-state index contributed by atoms with van der Waals surface area (Å²) in [6.07, 6.45) is 11.1. The summed E-state index contributed by atoms with van der Waals surface area (Å²) in [5.74, 6) is -1.62. The van der Waals surface area contributed by atoms with E-state index in [4.69, 9.17) is 5.11 Å². The van der Waals surface area contributed by atoms with Crippen molar-refractivity contribution in [1.82, 2.24) is 0 Å². The number of carbonyl (C=O) groups excluding carboxylic acids is 2. The fraction of sp³-hybridized carbons (Fsp3) is 0.542. The third kappa shape index (κ3) is 6.84. The Morgan fingerprint density at radius 3 is 1.86 bits per heavy atom. The molecule has 0 spiro atoms. The summed E-state index contributed by atoms with van der Waals surface area (Å²) < 4.78 is 0.